The number of alkyl halides is 1. The Morgan fingerprint density at radius 1 is 1.25 bits per heavy atom. The van der Waals surface area contributed by atoms with Gasteiger partial charge in [0.1, 0.15) is 0 Å². The van der Waals surface area contributed by atoms with Crippen LogP contribution in [0.1, 0.15) is 26.2 Å². The first kappa shape index (κ1) is 16.5. The molecule has 0 aromatic carbocycles. The minimum Gasteiger partial charge on any atom is -1.00 e. The van der Waals surface area contributed by atoms with Gasteiger partial charge in [0, 0.05) is 5.88 Å². The van der Waals surface area contributed by atoms with E-state index in [1.54, 1.807) is 0 Å². The third kappa shape index (κ3) is 15.7. The van der Waals surface area contributed by atoms with Crippen LogP contribution in [0, 0.1) is 0 Å². The fourth-order valence-corrected chi connectivity index (χ4v) is 0.533. The Labute approximate surface area is 96.1 Å². The van der Waals surface area contributed by atoms with Crippen molar-refractivity contribution in [1.82, 2.24) is 0 Å². The molecule has 0 bridgehead atoms. The van der Waals surface area contributed by atoms with Crippen molar-refractivity contribution in [2.45, 2.75) is 26.2 Å². The summed E-state index contributed by atoms with van der Waals surface area (Å²) in [5.41, 5.74) is 0. The van der Waals surface area contributed by atoms with Crippen LogP contribution in [0.25, 0.3) is 0 Å². The topological polar surface area (TPSA) is 0 Å². The Kier molecular flexibility index (Phi) is 33.1. The number of hydrogen-bond donors (Lipinski definition) is 0. The molecule has 0 saturated heterocycles. The Morgan fingerprint density at radius 2 is 1.75 bits per heavy atom. The van der Waals surface area contributed by atoms with Crippen LogP contribution < -0.4 is 53.5 Å². The molecule has 0 fully saturated rings. The van der Waals surface area contributed by atoms with Gasteiger partial charge in [0.15, 0.2) is 0 Å². The second kappa shape index (κ2) is 16.0. The smallest absolute Gasteiger partial charge is 1.00 e. The summed E-state index contributed by atoms with van der Waals surface area (Å²) in [6, 6.07) is 0. The van der Waals surface area contributed by atoms with E-state index in [0.29, 0.717) is 0 Å². The monoisotopic (exact) mass is 256 g/mol. The van der Waals surface area contributed by atoms with Gasteiger partial charge in [0.25, 0.3) is 0 Å². The van der Waals surface area contributed by atoms with E-state index >= 15 is 0 Å². The molecule has 0 amide bonds. The van der Waals surface area contributed by atoms with Crippen molar-refractivity contribution in [1.29, 1.82) is 0 Å². The summed E-state index contributed by atoms with van der Waals surface area (Å²) in [5.74, 6) is 0.827. The number of rotatable bonds is 3. The van der Waals surface area contributed by atoms with Crippen molar-refractivity contribution < 1.29 is 53.5 Å². The molecular formula is C5H11ClINa. The van der Waals surface area contributed by atoms with Crippen molar-refractivity contribution in [3.8, 4) is 0 Å². The predicted octanol–water partition coefficient (Wildman–Crippen LogP) is -3.58. The summed E-state index contributed by atoms with van der Waals surface area (Å²) in [6.07, 6.45) is 3.73. The minimum atomic E-state index is 0. The van der Waals surface area contributed by atoms with Gasteiger partial charge in [-0.1, -0.05) is 19.8 Å². The second-order valence-electron chi connectivity index (χ2n) is 1.40. The largest absolute Gasteiger partial charge is 1.00 e. The average Bonchev–Trinajstić information content (AvgIpc) is 1.61. The van der Waals surface area contributed by atoms with Crippen LogP contribution in [0.3, 0.4) is 0 Å². The molecule has 0 N–H and O–H groups in total. The van der Waals surface area contributed by atoms with E-state index in [0.717, 1.165) is 5.88 Å². The summed E-state index contributed by atoms with van der Waals surface area (Å²) in [5, 5.41) is 0. The molecule has 0 aromatic heterocycles. The third-order valence-corrected chi connectivity index (χ3v) is 1.00. The molecular weight excluding hydrogens is 245 g/mol. The summed E-state index contributed by atoms with van der Waals surface area (Å²) >= 11 is 5.38. The van der Waals surface area contributed by atoms with Gasteiger partial charge in [-0.2, -0.15) is 0 Å². The maximum atomic E-state index is 5.38. The van der Waals surface area contributed by atoms with E-state index in [9.17, 15) is 0 Å². The summed E-state index contributed by atoms with van der Waals surface area (Å²) in [4.78, 5) is 0. The van der Waals surface area contributed by atoms with Crippen LogP contribution in [-0.2, 0) is 0 Å². The zero-order valence-corrected chi connectivity index (χ0v) is 10.5. The number of halogens is 2. The molecule has 0 aliphatic rings. The number of hydrogen-bond acceptors (Lipinski definition) is 0. The second-order valence-corrected chi connectivity index (χ2v) is 1.77. The number of unbranched alkanes of at least 4 members (excludes halogenated alkanes) is 2. The standard InChI is InChI=1S/C5H11Cl.HI.Na/c1-2-3-4-5-6;;/h2-5H2,1H3;1H;/q;;+1/p-1. The van der Waals surface area contributed by atoms with E-state index in [-0.39, 0.29) is 53.5 Å². The minimum absolute atomic E-state index is 0. The molecule has 0 atom stereocenters. The van der Waals surface area contributed by atoms with E-state index in [1.807, 2.05) is 0 Å². The van der Waals surface area contributed by atoms with Crippen LogP contribution in [0.5, 0.6) is 0 Å². The molecule has 0 heterocycles. The fourth-order valence-electron chi connectivity index (χ4n) is 0.344. The van der Waals surface area contributed by atoms with Crippen LogP contribution in [0.4, 0.5) is 0 Å². The SMILES string of the molecule is CCCCCCl.[I-].[Na+]. The van der Waals surface area contributed by atoms with E-state index < -0.39 is 0 Å². The molecule has 0 nitrogen and oxygen atoms in total. The summed E-state index contributed by atoms with van der Waals surface area (Å²) in [6.45, 7) is 2.17. The fraction of sp³-hybridized carbons (Fsp3) is 1.00. The predicted molar refractivity (Wildman–Crippen MR) is 30.2 cm³/mol. The van der Waals surface area contributed by atoms with E-state index in [4.69, 9.17) is 11.6 Å². The molecule has 0 spiro atoms. The zero-order valence-electron chi connectivity index (χ0n) is 5.58. The molecule has 0 unspecified atom stereocenters. The summed E-state index contributed by atoms with van der Waals surface area (Å²) in [7, 11) is 0. The van der Waals surface area contributed by atoms with E-state index in [2.05, 4.69) is 6.92 Å². The molecule has 3 heteroatoms. The van der Waals surface area contributed by atoms with Gasteiger partial charge in [0.2, 0.25) is 0 Å². The molecule has 0 aliphatic carbocycles. The molecule has 46 valence electrons. The molecule has 0 saturated carbocycles. The Bertz CT molecular complexity index is 24.4. The third-order valence-electron chi connectivity index (χ3n) is 0.737. The van der Waals surface area contributed by atoms with Crippen LogP contribution in [0.15, 0.2) is 0 Å². The van der Waals surface area contributed by atoms with Gasteiger partial charge in [-0.25, -0.2) is 0 Å². The van der Waals surface area contributed by atoms with Crippen LogP contribution in [0.2, 0.25) is 0 Å². The molecule has 8 heavy (non-hydrogen) atoms. The van der Waals surface area contributed by atoms with Gasteiger partial charge >= 0.3 is 29.6 Å². The molecule has 0 rings (SSSR count). The van der Waals surface area contributed by atoms with Crippen LogP contribution >= 0.6 is 11.6 Å². The van der Waals surface area contributed by atoms with Crippen molar-refractivity contribution in [2.24, 2.45) is 0 Å². The first-order valence-electron chi connectivity index (χ1n) is 2.47. The van der Waals surface area contributed by atoms with Crippen LogP contribution in [-0.4, -0.2) is 5.88 Å². The summed E-state index contributed by atoms with van der Waals surface area (Å²) < 4.78 is 0. The Morgan fingerprint density at radius 3 is 1.88 bits per heavy atom. The Hall–Kier alpha value is 2.02. The molecule has 0 aromatic rings. The van der Waals surface area contributed by atoms with Crippen molar-refractivity contribution in [2.75, 3.05) is 5.88 Å². The van der Waals surface area contributed by atoms with Gasteiger partial charge in [-0.3, -0.25) is 0 Å². The van der Waals surface area contributed by atoms with Gasteiger partial charge in [0.05, 0.1) is 0 Å². The maximum absolute atomic E-state index is 5.38. The van der Waals surface area contributed by atoms with Gasteiger partial charge in [-0.05, 0) is 6.42 Å². The first-order valence-corrected chi connectivity index (χ1v) is 3.01. The quantitative estimate of drug-likeness (QED) is 0.212. The average molecular weight is 256 g/mol. The van der Waals surface area contributed by atoms with Gasteiger partial charge in [-0.15, -0.1) is 11.6 Å². The Balaban J connectivity index is -0.000000125. The van der Waals surface area contributed by atoms with Gasteiger partial charge < -0.3 is 24.0 Å². The molecule has 0 radical (unpaired) electrons. The van der Waals surface area contributed by atoms with Crippen molar-refractivity contribution in [3.05, 3.63) is 0 Å². The normalized spacial score (nSPS) is 6.75. The van der Waals surface area contributed by atoms with Crippen molar-refractivity contribution in [3.63, 3.8) is 0 Å². The van der Waals surface area contributed by atoms with Crippen molar-refractivity contribution >= 4 is 11.6 Å². The van der Waals surface area contributed by atoms with E-state index in [1.165, 1.54) is 19.3 Å². The first-order chi connectivity index (χ1) is 2.91. The zero-order chi connectivity index (χ0) is 4.83. The maximum Gasteiger partial charge on any atom is 1.00 e. The molecule has 0 aliphatic heterocycles.